The SMILES string of the molecule is CSC1=C(C#N)C(=O)N[C@@H](c2c(Cl)cccc2Cl)S1. The Labute approximate surface area is 129 Å². The largest absolute Gasteiger partial charge is 0.335 e. The summed E-state index contributed by atoms with van der Waals surface area (Å²) < 4.78 is 0.673. The molecule has 1 aromatic rings. The lowest BCUT2D eigenvalue weighted by Gasteiger charge is -2.25. The van der Waals surface area contributed by atoms with Crippen molar-refractivity contribution in [3.8, 4) is 6.07 Å². The first-order valence-electron chi connectivity index (χ1n) is 5.18. The molecule has 1 atom stereocenters. The van der Waals surface area contributed by atoms with Gasteiger partial charge in [0.1, 0.15) is 17.0 Å². The van der Waals surface area contributed by atoms with Crippen LogP contribution >= 0.6 is 46.7 Å². The van der Waals surface area contributed by atoms with Gasteiger partial charge < -0.3 is 5.32 Å². The first-order valence-corrected chi connectivity index (χ1v) is 8.04. The van der Waals surface area contributed by atoms with E-state index in [0.29, 0.717) is 19.8 Å². The molecule has 1 N–H and O–H groups in total. The molecule has 0 bridgehead atoms. The summed E-state index contributed by atoms with van der Waals surface area (Å²) in [4.78, 5) is 11.9. The lowest BCUT2D eigenvalue weighted by Crippen LogP contribution is -2.31. The normalized spacial score (nSPS) is 19.1. The molecule has 0 fully saturated rings. The van der Waals surface area contributed by atoms with Gasteiger partial charge in [-0.1, -0.05) is 41.0 Å². The highest BCUT2D eigenvalue weighted by molar-refractivity contribution is 8.22. The summed E-state index contributed by atoms with van der Waals surface area (Å²) >= 11 is 15.0. The average molecular weight is 331 g/mol. The van der Waals surface area contributed by atoms with Crippen LogP contribution in [0.4, 0.5) is 0 Å². The van der Waals surface area contributed by atoms with Crippen LogP contribution in [0.2, 0.25) is 10.0 Å². The average Bonchev–Trinajstić information content (AvgIpc) is 2.37. The quantitative estimate of drug-likeness (QED) is 0.891. The van der Waals surface area contributed by atoms with Crippen molar-refractivity contribution >= 4 is 52.6 Å². The van der Waals surface area contributed by atoms with Crippen LogP contribution in [0.3, 0.4) is 0 Å². The molecule has 1 heterocycles. The van der Waals surface area contributed by atoms with Gasteiger partial charge in [-0.25, -0.2) is 0 Å². The van der Waals surface area contributed by atoms with Crippen molar-refractivity contribution in [2.45, 2.75) is 5.37 Å². The third-order valence-electron chi connectivity index (χ3n) is 2.48. The number of benzene rings is 1. The molecule has 98 valence electrons. The maximum atomic E-state index is 11.9. The minimum absolute atomic E-state index is 0.136. The summed E-state index contributed by atoms with van der Waals surface area (Å²) in [5.74, 6) is -0.397. The van der Waals surface area contributed by atoms with E-state index in [-0.39, 0.29) is 10.9 Å². The highest BCUT2D eigenvalue weighted by Gasteiger charge is 2.30. The Morgan fingerprint density at radius 1 is 1.42 bits per heavy atom. The predicted molar refractivity (Wildman–Crippen MR) is 81.1 cm³/mol. The van der Waals surface area contributed by atoms with Gasteiger partial charge in [-0.15, -0.1) is 11.8 Å². The molecule has 0 aromatic heterocycles. The minimum atomic E-state index is -0.397. The van der Waals surface area contributed by atoms with Gasteiger partial charge in [0.15, 0.2) is 0 Å². The van der Waals surface area contributed by atoms with Crippen molar-refractivity contribution in [3.63, 3.8) is 0 Å². The summed E-state index contributed by atoms with van der Waals surface area (Å²) in [6.45, 7) is 0. The van der Waals surface area contributed by atoms with Crippen molar-refractivity contribution in [1.29, 1.82) is 5.26 Å². The van der Waals surface area contributed by atoms with E-state index in [1.165, 1.54) is 23.5 Å². The molecule has 0 aliphatic carbocycles. The number of hydrogen-bond donors (Lipinski definition) is 1. The van der Waals surface area contributed by atoms with Crippen molar-refractivity contribution in [2.75, 3.05) is 6.26 Å². The first-order chi connectivity index (χ1) is 9.08. The van der Waals surface area contributed by atoms with E-state index in [0.717, 1.165) is 0 Å². The molecule has 1 aliphatic rings. The van der Waals surface area contributed by atoms with Gasteiger partial charge in [0.05, 0.1) is 4.24 Å². The molecule has 0 spiro atoms. The van der Waals surface area contributed by atoms with Gasteiger partial charge in [0.25, 0.3) is 5.91 Å². The highest BCUT2D eigenvalue weighted by Crippen LogP contribution is 2.46. The number of hydrogen-bond acceptors (Lipinski definition) is 4. The van der Waals surface area contributed by atoms with Gasteiger partial charge in [0.2, 0.25) is 0 Å². The summed E-state index contributed by atoms with van der Waals surface area (Å²) in [6, 6.07) is 7.10. The molecular weight excluding hydrogens is 323 g/mol. The number of carbonyl (C=O) groups is 1. The fraction of sp³-hybridized carbons (Fsp3) is 0.167. The third kappa shape index (κ3) is 2.87. The monoisotopic (exact) mass is 330 g/mol. The Morgan fingerprint density at radius 2 is 2.05 bits per heavy atom. The Bertz CT molecular complexity index is 590. The molecule has 7 heteroatoms. The van der Waals surface area contributed by atoms with E-state index < -0.39 is 5.91 Å². The lowest BCUT2D eigenvalue weighted by molar-refractivity contribution is -0.117. The number of nitrogens with one attached hydrogen (secondary N) is 1. The zero-order valence-corrected chi connectivity index (χ0v) is 12.9. The Hall–Kier alpha value is -0.800. The fourth-order valence-corrected chi connectivity index (χ4v) is 4.39. The van der Waals surface area contributed by atoms with Crippen LogP contribution < -0.4 is 5.32 Å². The van der Waals surface area contributed by atoms with Crippen LogP contribution in [0.1, 0.15) is 10.9 Å². The summed E-state index contributed by atoms with van der Waals surface area (Å²) in [7, 11) is 0. The van der Waals surface area contributed by atoms with E-state index in [4.69, 9.17) is 28.5 Å². The highest BCUT2D eigenvalue weighted by atomic mass is 35.5. The predicted octanol–water partition coefficient (Wildman–Crippen LogP) is 3.95. The number of carbonyl (C=O) groups excluding carboxylic acids is 1. The number of rotatable bonds is 2. The van der Waals surface area contributed by atoms with Gasteiger partial charge in [-0.3, -0.25) is 4.79 Å². The second-order valence-corrected chi connectivity index (χ2v) is 6.59. The zero-order chi connectivity index (χ0) is 14.0. The van der Waals surface area contributed by atoms with Crippen LogP contribution in [0.25, 0.3) is 0 Å². The zero-order valence-electron chi connectivity index (χ0n) is 9.74. The summed E-state index contributed by atoms with van der Waals surface area (Å²) in [5, 5.41) is 12.3. The minimum Gasteiger partial charge on any atom is -0.335 e. The van der Waals surface area contributed by atoms with E-state index in [9.17, 15) is 4.79 Å². The molecule has 0 saturated heterocycles. The van der Waals surface area contributed by atoms with E-state index in [2.05, 4.69) is 5.32 Å². The molecular formula is C12H8Cl2N2OS2. The first kappa shape index (κ1) is 14.6. The van der Waals surface area contributed by atoms with E-state index in [1.54, 1.807) is 18.2 Å². The van der Waals surface area contributed by atoms with E-state index in [1.807, 2.05) is 12.3 Å². The smallest absolute Gasteiger partial charge is 0.264 e. The molecule has 0 unspecified atom stereocenters. The number of thioether (sulfide) groups is 2. The molecule has 1 amide bonds. The van der Waals surface area contributed by atoms with Crippen LogP contribution in [0, 0.1) is 11.3 Å². The lowest BCUT2D eigenvalue weighted by atomic mass is 10.2. The van der Waals surface area contributed by atoms with Crippen molar-refractivity contribution in [2.24, 2.45) is 0 Å². The molecule has 0 saturated carbocycles. The van der Waals surface area contributed by atoms with Crippen LogP contribution in [-0.4, -0.2) is 12.2 Å². The maximum absolute atomic E-state index is 11.9. The standard InChI is InChI=1S/C12H8Cl2N2OS2/c1-18-12-6(5-15)10(17)16-11(19-12)9-7(13)3-2-4-8(9)14/h2-4,11H,1H3,(H,16,17)/t11-/m1/s1. The number of nitriles is 1. The van der Waals surface area contributed by atoms with Gasteiger partial charge in [-0.05, 0) is 18.4 Å². The van der Waals surface area contributed by atoms with Gasteiger partial charge in [-0.2, -0.15) is 5.26 Å². The van der Waals surface area contributed by atoms with Crippen LogP contribution in [0.15, 0.2) is 28.0 Å². The maximum Gasteiger partial charge on any atom is 0.264 e. The summed E-state index contributed by atoms with van der Waals surface area (Å²) in [6.07, 6.45) is 1.82. The Morgan fingerprint density at radius 3 is 2.58 bits per heavy atom. The molecule has 2 rings (SSSR count). The number of nitrogens with zero attached hydrogens (tertiary/aromatic N) is 1. The fourth-order valence-electron chi connectivity index (χ4n) is 1.62. The Balaban J connectivity index is 2.44. The molecule has 1 aliphatic heterocycles. The summed E-state index contributed by atoms with van der Waals surface area (Å²) in [5.41, 5.74) is 0.796. The molecule has 0 radical (unpaired) electrons. The second kappa shape index (κ2) is 6.10. The van der Waals surface area contributed by atoms with Crippen molar-refractivity contribution < 1.29 is 4.79 Å². The van der Waals surface area contributed by atoms with Crippen molar-refractivity contribution in [1.82, 2.24) is 5.32 Å². The van der Waals surface area contributed by atoms with E-state index >= 15 is 0 Å². The second-order valence-electron chi connectivity index (χ2n) is 3.59. The molecule has 1 aromatic carbocycles. The molecule has 3 nitrogen and oxygen atoms in total. The topological polar surface area (TPSA) is 52.9 Å². The van der Waals surface area contributed by atoms with Crippen LogP contribution in [-0.2, 0) is 4.79 Å². The Kier molecular flexibility index (Phi) is 4.69. The third-order valence-corrected chi connectivity index (χ3v) is 5.51. The molecule has 19 heavy (non-hydrogen) atoms. The van der Waals surface area contributed by atoms with Gasteiger partial charge >= 0.3 is 0 Å². The number of halogens is 2. The number of amides is 1. The van der Waals surface area contributed by atoms with Crippen molar-refractivity contribution in [3.05, 3.63) is 43.6 Å². The van der Waals surface area contributed by atoms with Crippen LogP contribution in [0.5, 0.6) is 0 Å². The van der Waals surface area contributed by atoms with Gasteiger partial charge in [0, 0.05) is 15.6 Å².